The number of piperazine rings is 1. The van der Waals surface area contributed by atoms with Crippen molar-refractivity contribution in [3.8, 4) is 0 Å². The van der Waals surface area contributed by atoms with Crippen molar-refractivity contribution in [2.45, 2.75) is 38.8 Å². The van der Waals surface area contributed by atoms with Crippen molar-refractivity contribution in [3.05, 3.63) is 46.4 Å². The van der Waals surface area contributed by atoms with Crippen molar-refractivity contribution in [1.82, 2.24) is 30.4 Å². The average molecular weight is 440 g/mol. The monoisotopic (exact) mass is 439 g/mol. The van der Waals surface area contributed by atoms with Crippen molar-refractivity contribution in [1.29, 1.82) is 0 Å². The van der Waals surface area contributed by atoms with E-state index in [-0.39, 0.29) is 11.9 Å². The maximum atomic E-state index is 12.8. The predicted octanol–water partition coefficient (Wildman–Crippen LogP) is 2.20. The maximum absolute atomic E-state index is 12.8. The number of nitrogens with zero attached hydrogens (tertiary/aromatic N) is 5. The lowest BCUT2D eigenvalue weighted by molar-refractivity contribution is 0.0927. The van der Waals surface area contributed by atoms with Crippen LogP contribution in [0.2, 0.25) is 5.02 Å². The van der Waals surface area contributed by atoms with Crippen molar-refractivity contribution in [3.63, 3.8) is 0 Å². The summed E-state index contributed by atoms with van der Waals surface area (Å²) in [5.41, 5.74) is 3.35. The molecule has 0 saturated carbocycles. The first-order chi connectivity index (χ1) is 15.1. The number of amides is 1. The summed E-state index contributed by atoms with van der Waals surface area (Å²) in [7, 11) is 0. The van der Waals surface area contributed by atoms with Gasteiger partial charge in [-0.2, -0.15) is 0 Å². The third-order valence-electron chi connectivity index (χ3n) is 6.17. The van der Waals surface area contributed by atoms with Gasteiger partial charge in [-0.05, 0) is 43.9 Å². The average Bonchev–Trinajstić information content (AvgIpc) is 3.14. The van der Waals surface area contributed by atoms with Crippen molar-refractivity contribution >= 4 is 34.4 Å². The van der Waals surface area contributed by atoms with E-state index in [9.17, 15) is 4.79 Å². The minimum absolute atomic E-state index is 0.0556. The van der Waals surface area contributed by atoms with Crippen molar-refractivity contribution in [2.24, 2.45) is 0 Å². The van der Waals surface area contributed by atoms with Crippen LogP contribution in [-0.2, 0) is 19.4 Å². The molecular formula is C22H26ClN7O. The van der Waals surface area contributed by atoms with Crippen LogP contribution in [0.15, 0.2) is 24.4 Å². The van der Waals surface area contributed by atoms with Crippen LogP contribution in [0.1, 0.15) is 35.1 Å². The molecule has 2 aliphatic rings. The Labute approximate surface area is 186 Å². The Hall–Kier alpha value is -2.71. The topological polar surface area (TPSA) is 88.0 Å². The Kier molecular flexibility index (Phi) is 5.50. The molecule has 0 aromatic carbocycles. The zero-order valence-corrected chi connectivity index (χ0v) is 18.3. The Morgan fingerprint density at radius 2 is 2.13 bits per heavy atom. The molecule has 2 N–H and O–H groups in total. The third-order valence-corrected chi connectivity index (χ3v) is 6.47. The molecule has 0 spiro atoms. The van der Waals surface area contributed by atoms with E-state index in [2.05, 4.69) is 37.9 Å². The van der Waals surface area contributed by atoms with Crippen LogP contribution in [-0.4, -0.2) is 57.9 Å². The van der Waals surface area contributed by atoms with E-state index in [0.29, 0.717) is 16.4 Å². The zero-order chi connectivity index (χ0) is 21.4. The summed E-state index contributed by atoms with van der Waals surface area (Å²) < 4.78 is 1.92. The van der Waals surface area contributed by atoms with Gasteiger partial charge >= 0.3 is 0 Å². The van der Waals surface area contributed by atoms with E-state index in [1.165, 1.54) is 5.56 Å². The summed E-state index contributed by atoms with van der Waals surface area (Å²) in [6.07, 6.45) is 4.32. The minimum atomic E-state index is -0.214. The highest BCUT2D eigenvalue weighted by Gasteiger charge is 2.24. The molecule has 3 aromatic heterocycles. The summed E-state index contributed by atoms with van der Waals surface area (Å²) in [5, 5.41) is 16.2. The molecule has 1 atom stereocenters. The van der Waals surface area contributed by atoms with Crippen LogP contribution in [0.25, 0.3) is 11.0 Å². The second-order valence-electron chi connectivity index (χ2n) is 8.16. The van der Waals surface area contributed by atoms with Crippen LogP contribution >= 0.6 is 11.6 Å². The third kappa shape index (κ3) is 3.97. The van der Waals surface area contributed by atoms with Crippen molar-refractivity contribution in [2.75, 3.05) is 31.1 Å². The standard InChI is InChI=1S/C22H26ClN7O/c1-2-29-13-17(23)16-12-19(27-28-21(16)29)22(31)25-15-4-5-18-14(11-15)3-6-20(26-18)30-9-7-24-8-10-30/h3,6,12-13,15,24H,2,4-5,7-11H2,1H3,(H,25,31). The van der Waals surface area contributed by atoms with Gasteiger partial charge in [-0.25, -0.2) is 4.98 Å². The predicted molar refractivity (Wildman–Crippen MR) is 121 cm³/mol. The molecule has 1 amide bonds. The minimum Gasteiger partial charge on any atom is -0.354 e. The molecule has 8 nitrogen and oxygen atoms in total. The summed E-state index contributed by atoms with van der Waals surface area (Å²) in [5.74, 6) is 0.843. The van der Waals surface area contributed by atoms with Gasteiger partial charge in [0.2, 0.25) is 0 Å². The van der Waals surface area contributed by atoms with E-state index in [4.69, 9.17) is 16.6 Å². The van der Waals surface area contributed by atoms with Gasteiger partial charge in [0.25, 0.3) is 5.91 Å². The van der Waals surface area contributed by atoms with E-state index < -0.39 is 0 Å². The highest BCUT2D eigenvalue weighted by Crippen LogP contribution is 2.26. The number of pyridine rings is 1. The van der Waals surface area contributed by atoms with Crippen LogP contribution in [0.3, 0.4) is 0 Å². The first-order valence-electron chi connectivity index (χ1n) is 10.9. The fraction of sp³-hybridized carbons (Fsp3) is 0.455. The van der Waals surface area contributed by atoms with Gasteiger partial charge < -0.3 is 20.1 Å². The normalized spacial score (nSPS) is 18.8. The first-order valence-corrected chi connectivity index (χ1v) is 11.3. The Bertz CT molecular complexity index is 1120. The molecule has 1 aliphatic heterocycles. The lowest BCUT2D eigenvalue weighted by Crippen LogP contribution is -2.44. The number of hydrogen-bond donors (Lipinski definition) is 2. The number of fused-ring (bicyclic) bond motifs is 2. The molecule has 1 unspecified atom stereocenters. The molecule has 31 heavy (non-hydrogen) atoms. The van der Waals surface area contributed by atoms with Crippen LogP contribution in [0, 0.1) is 0 Å². The number of anilines is 1. The molecule has 1 saturated heterocycles. The van der Waals surface area contributed by atoms with Gasteiger partial charge in [0.05, 0.1) is 5.02 Å². The number of aryl methyl sites for hydroxylation is 2. The Balaban J connectivity index is 1.28. The maximum Gasteiger partial charge on any atom is 0.272 e. The van der Waals surface area contributed by atoms with Gasteiger partial charge in [0.1, 0.15) is 5.82 Å². The molecule has 1 fully saturated rings. The number of nitrogens with one attached hydrogen (secondary N) is 2. The lowest BCUT2D eigenvalue weighted by Gasteiger charge is -2.30. The highest BCUT2D eigenvalue weighted by molar-refractivity contribution is 6.35. The molecule has 1 aliphatic carbocycles. The molecule has 0 bridgehead atoms. The second kappa shape index (κ2) is 8.43. The van der Waals surface area contributed by atoms with E-state index in [1.807, 2.05) is 17.7 Å². The Morgan fingerprint density at radius 1 is 1.29 bits per heavy atom. The second-order valence-corrected chi connectivity index (χ2v) is 8.56. The number of rotatable bonds is 4. The van der Waals surface area contributed by atoms with Crippen LogP contribution in [0.5, 0.6) is 0 Å². The number of halogens is 1. The smallest absolute Gasteiger partial charge is 0.272 e. The highest BCUT2D eigenvalue weighted by atomic mass is 35.5. The number of aromatic nitrogens is 4. The largest absolute Gasteiger partial charge is 0.354 e. The van der Waals surface area contributed by atoms with Crippen LogP contribution < -0.4 is 15.5 Å². The summed E-state index contributed by atoms with van der Waals surface area (Å²) in [4.78, 5) is 20.1. The van der Waals surface area contributed by atoms with E-state index in [1.54, 1.807) is 6.07 Å². The summed E-state index contributed by atoms with van der Waals surface area (Å²) >= 11 is 6.32. The van der Waals surface area contributed by atoms with Gasteiger partial charge in [-0.15, -0.1) is 10.2 Å². The van der Waals surface area contributed by atoms with Gasteiger partial charge in [-0.1, -0.05) is 17.7 Å². The molecule has 162 valence electrons. The quantitative estimate of drug-likeness (QED) is 0.648. The Morgan fingerprint density at radius 3 is 2.94 bits per heavy atom. The SMILES string of the molecule is CCn1cc(Cl)c2cc(C(=O)NC3CCc4nc(N5CCNCC5)ccc4C3)nnc21. The molecule has 0 radical (unpaired) electrons. The lowest BCUT2D eigenvalue weighted by atomic mass is 9.91. The molecule has 5 rings (SSSR count). The molecule has 9 heteroatoms. The number of hydrogen-bond acceptors (Lipinski definition) is 6. The number of carbonyl (C=O) groups is 1. The van der Waals surface area contributed by atoms with Gasteiger partial charge in [-0.3, -0.25) is 4.79 Å². The van der Waals surface area contributed by atoms with E-state index in [0.717, 1.165) is 68.9 Å². The molecular weight excluding hydrogens is 414 g/mol. The van der Waals surface area contributed by atoms with Gasteiger partial charge in [0.15, 0.2) is 11.3 Å². The number of carbonyl (C=O) groups excluding carboxylic acids is 1. The van der Waals surface area contributed by atoms with E-state index >= 15 is 0 Å². The molecule has 4 heterocycles. The summed E-state index contributed by atoms with van der Waals surface area (Å²) in [6.45, 7) is 6.73. The fourth-order valence-electron chi connectivity index (χ4n) is 4.44. The summed E-state index contributed by atoms with van der Waals surface area (Å²) in [6, 6.07) is 6.05. The molecule has 3 aromatic rings. The van der Waals surface area contributed by atoms with Crippen molar-refractivity contribution < 1.29 is 4.79 Å². The first kappa shape index (κ1) is 20.2. The zero-order valence-electron chi connectivity index (χ0n) is 17.6. The van der Waals surface area contributed by atoms with Crippen LogP contribution in [0.4, 0.5) is 5.82 Å². The fourth-order valence-corrected chi connectivity index (χ4v) is 4.70. The van der Waals surface area contributed by atoms with Gasteiger partial charge in [0, 0.05) is 56.0 Å².